The standard InChI is InChI=1S/C17H22NP/c1-15(16-9-5-3-6-10-16)18-13-14-19(2)17-11-7-4-8-12-17/h3-12,15,18H,13-14H2,1-2H3/t15-,19?/m0/s1. The molecule has 2 heteroatoms. The van der Waals surface area contributed by atoms with Crippen molar-refractivity contribution in [2.75, 3.05) is 19.4 Å². The molecule has 19 heavy (non-hydrogen) atoms. The molecule has 0 fully saturated rings. The molecule has 0 saturated carbocycles. The van der Waals surface area contributed by atoms with Gasteiger partial charge in [0.25, 0.3) is 0 Å². The maximum Gasteiger partial charge on any atom is 0.0291 e. The lowest BCUT2D eigenvalue weighted by Crippen LogP contribution is -2.22. The van der Waals surface area contributed by atoms with Crippen molar-refractivity contribution in [1.29, 1.82) is 0 Å². The lowest BCUT2D eigenvalue weighted by Gasteiger charge is -2.17. The van der Waals surface area contributed by atoms with Crippen molar-refractivity contribution in [3.05, 3.63) is 66.2 Å². The number of benzene rings is 2. The van der Waals surface area contributed by atoms with E-state index >= 15 is 0 Å². The Labute approximate surface area is 117 Å². The minimum Gasteiger partial charge on any atom is -0.310 e. The van der Waals surface area contributed by atoms with Crippen LogP contribution < -0.4 is 10.6 Å². The average molecular weight is 271 g/mol. The molecule has 0 aliphatic carbocycles. The molecule has 0 amide bonds. The maximum absolute atomic E-state index is 3.62. The largest absolute Gasteiger partial charge is 0.310 e. The fourth-order valence-electron chi connectivity index (χ4n) is 2.12. The van der Waals surface area contributed by atoms with E-state index in [1.165, 1.54) is 17.0 Å². The molecule has 0 saturated heterocycles. The second-order valence-electron chi connectivity index (χ2n) is 4.84. The third-order valence-electron chi connectivity index (χ3n) is 3.39. The van der Waals surface area contributed by atoms with Crippen LogP contribution in [0.25, 0.3) is 0 Å². The highest BCUT2D eigenvalue weighted by Crippen LogP contribution is 2.28. The van der Waals surface area contributed by atoms with Gasteiger partial charge in [-0.15, -0.1) is 0 Å². The van der Waals surface area contributed by atoms with Gasteiger partial charge in [-0.1, -0.05) is 68.6 Å². The summed E-state index contributed by atoms with van der Waals surface area (Å²) >= 11 is 0. The summed E-state index contributed by atoms with van der Waals surface area (Å²) < 4.78 is 0. The minimum atomic E-state index is -0.0377. The summed E-state index contributed by atoms with van der Waals surface area (Å²) in [5, 5.41) is 5.11. The van der Waals surface area contributed by atoms with E-state index < -0.39 is 0 Å². The molecule has 0 aliphatic rings. The SMILES string of the molecule is C[C@H](NCCP(C)c1ccccc1)c1ccccc1. The Morgan fingerprint density at radius 1 is 0.947 bits per heavy atom. The van der Waals surface area contributed by atoms with E-state index in [-0.39, 0.29) is 7.92 Å². The first-order valence-corrected chi connectivity index (χ1v) is 8.79. The zero-order valence-electron chi connectivity index (χ0n) is 11.7. The number of nitrogens with one attached hydrogen (secondary N) is 1. The van der Waals surface area contributed by atoms with Crippen LogP contribution in [0.1, 0.15) is 18.5 Å². The Morgan fingerprint density at radius 3 is 2.16 bits per heavy atom. The molecule has 0 radical (unpaired) electrons. The monoisotopic (exact) mass is 271 g/mol. The van der Waals surface area contributed by atoms with Gasteiger partial charge in [0.05, 0.1) is 0 Å². The Bertz CT molecular complexity index is 424. The van der Waals surface area contributed by atoms with Crippen LogP contribution in [0.15, 0.2) is 60.7 Å². The van der Waals surface area contributed by atoms with Crippen LogP contribution in [0, 0.1) is 0 Å². The zero-order valence-corrected chi connectivity index (χ0v) is 12.6. The van der Waals surface area contributed by atoms with E-state index in [0.29, 0.717) is 6.04 Å². The summed E-state index contributed by atoms with van der Waals surface area (Å²) in [4.78, 5) is 0. The van der Waals surface area contributed by atoms with Gasteiger partial charge in [0.15, 0.2) is 0 Å². The van der Waals surface area contributed by atoms with Gasteiger partial charge >= 0.3 is 0 Å². The van der Waals surface area contributed by atoms with E-state index in [0.717, 1.165) is 6.54 Å². The molecule has 0 aromatic heterocycles. The van der Waals surface area contributed by atoms with E-state index in [1.807, 2.05) is 0 Å². The summed E-state index contributed by atoms with van der Waals surface area (Å²) in [6, 6.07) is 21.9. The minimum absolute atomic E-state index is 0.0377. The number of rotatable bonds is 6. The van der Waals surface area contributed by atoms with Crippen molar-refractivity contribution in [1.82, 2.24) is 5.32 Å². The maximum atomic E-state index is 3.62. The van der Waals surface area contributed by atoms with E-state index in [1.54, 1.807) is 0 Å². The summed E-state index contributed by atoms with van der Waals surface area (Å²) in [5.74, 6) is 0. The predicted octanol–water partition coefficient (Wildman–Crippen LogP) is 3.77. The molecule has 0 heterocycles. The molecular weight excluding hydrogens is 249 g/mol. The lowest BCUT2D eigenvalue weighted by atomic mass is 10.1. The highest BCUT2D eigenvalue weighted by atomic mass is 31.1. The van der Waals surface area contributed by atoms with Gasteiger partial charge in [0, 0.05) is 6.04 Å². The molecule has 0 bridgehead atoms. The Morgan fingerprint density at radius 2 is 1.53 bits per heavy atom. The summed E-state index contributed by atoms with van der Waals surface area (Å²) in [5.41, 5.74) is 1.36. The van der Waals surface area contributed by atoms with Crippen LogP contribution in [0.4, 0.5) is 0 Å². The van der Waals surface area contributed by atoms with Crippen LogP contribution in [0.2, 0.25) is 0 Å². The van der Waals surface area contributed by atoms with Crippen LogP contribution >= 0.6 is 7.92 Å². The van der Waals surface area contributed by atoms with Gasteiger partial charge in [-0.05, 0) is 37.2 Å². The van der Waals surface area contributed by atoms with Gasteiger partial charge in [0.1, 0.15) is 0 Å². The average Bonchev–Trinajstić information content (AvgIpc) is 2.49. The Kier molecular flexibility index (Phi) is 5.57. The van der Waals surface area contributed by atoms with Gasteiger partial charge in [0.2, 0.25) is 0 Å². The van der Waals surface area contributed by atoms with Crippen LogP contribution in [0.5, 0.6) is 0 Å². The van der Waals surface area contributed by atoms with E-state index in [2.05, 4.69) is 79.6 Å². The smallest absolute Gasteiger partial charge is 0.0291 e. The van der Waals surface area contributed by atoms with E-state index in [4.69, 9.17) is 0 Å². The van der Waals surface area contributed by atoms with Gasteiger partial charge < -0.3 is 5.32 Å². The molecule has 1 unspecified atom stereocenters. The molecule has 2 aromatic carbocycles. The Hall–Kier alpha value is -1.17. The first-order valence-electron chi connectivity index (χ1n) is 6.82. The van der Waals surface area contributed by atoms with Crippen LogP contribution in [0.3, 0.4) is 0 Å². The third kappa shape index (κ3) is 4.45. The molecule has 2 atom stereocenters. The van der Waals surface area contributed by atoms with Gasteiger partial charge in [-0.2, -0.15) is 0 Å². The molecule has 2 aromatic rings. The van der Waals surface area contributed by atoms with Crippen molar-refractivity contribution in [2.45, 2.75) is 13.0 Å². The zero-order chi connectivity index (χ0) is 13.5. The quantitative estimate of drug-likeness (QED) is 0.789. The van der Waals surface area contributed by atoms with Crippen LogP contribution in [-0.4, -0.2) is 19.4 Å². The highest BCUT2D eigenvalue weighted by molar-refractivity contribution is 7.64. The topological polar surface area (TPSA) is 12.0 Å². The third-order valence-corrected chi connectivity index (χ3v) is 5.47. The van der Waals surface area contributed by atoms with Crippen molar-refractivity contribution in [2.24, 2.45) is 0 Å². The number of hydrogen-bond acceptors (Lipinski definition) is 1. The highest BCUT2D eigenvalue weighted by Gasteiger charge is 2.06. The van der Waals surface area contributed by atoms with Gasteiger partial charge in [-0.3, -0.25) is 0 Å². The van der Waals surface area contributed by atoms with E-state index in [9.17, 15) is 0 Å². The summed E-state index contributed by atoms with van der Waals surface area (Å²) in [7, 11) is -0.0377. The van der Waals surface area contributed by atoms with Crippen molar-refractivity contribution in [3.63, 3.8) is 0 Å². The lowest BCUT2D eigenvalue weighted by molar-refractivity contribution is 0.600. The van der Waals surface area contributed by atoms with Crippen molar-refractivity contribution >= 4 is 13.2 Å². The molecule has 0 aliphatic heterocycles. The molecule has 2 rings (SSSR count). The molecule has 1 nitrogen and oxygen atoms in total. The normalized spacial score (nSPS) is 14.0. The predicted molar refractivity (Wildman–Crippen MR) is 86.6 cm³/mol. The molecular formula is C17H22NP. The first-order chi connectivity index (χ1) is 9.27. The molecule has 100 valence electrons. The van der Waals surface area contributed by atoms with Crippen molar-refractivity contribution < 1.29 is 0 Å². The van der Waals surface area contributed by atoms with Crippen LogP contribution in [-0.2, 0) is 0 Å². The first kappa shape index (κ1) is 14.2. The number of hydrogen-bond donors (Lipinski definition) is 1. The second-order valence-corrected chi connectivity index (χ2v) is 7.20. The molecule has 1 N–H and O–H groups in total. The fraction of sp³-hybridized carbons (Fsp3) is 0.294. The summed E-state index contributed by atoms with van der Waals surface area (Å²) in [6.45, 7) is 5.67. The summed E-state index contributed by atoms with van der Waals surface area (Å²) in [6.07, 6.45) is 1.23. The fourth-order valence-corrected chi connectivity index (χ4v) is 3.52. The Balaban J connectivity index is 1.78. The molecule has 0 spiro atoms. The van der Waals surface area contributed by atoms with Crippen molar-refractivity contribution in [3.8, 4) is 0 Å². The van der Waals surface area contributed by atoms with Gasteiger partial charge in [-0.25, -0.2) is 0 Å². The second kappa shape index (κ2) is 7.43.